The van der Waals surface area contributed by atoms with Crippen LogP contribution < -0.4 is 4.74 Å². The van der Waals surface area contributed by atoms with Gasteiger partial charge in [0.2, 0.25) is 0 Å². The number of hydrogen-bond acceptors (Lipinski definition) is 8. The first kappa shape index (κ1) is 40.2. The standard InChI is InChI=1S/C43H55NO8Si/c1-43(2,3)51-42(45)44-37(31-47-27-35-23-25-36(46-4)26-24-35)38(48-28-32-17-11-8-12-18-32)39(49-29-33-19-13-9-14-20-33)40(41(44)52-53(5,6)7)50-30-34-21-15-10-16-22-34/h8-26,37-41H,27-31H2,1-7H3/t37-,38-,39+,40-,41?/m1/s1. The van der Waals surface area contributed by atoms with Gasteiger partial charge in [-0.1, -0.05) is 103 Å². The van der Waals surface area contributed by atoms with Gasteiger partial charge in [-0.15, -0.1) is 0 Å². The monoisotopic (exact) mass is 741 g/mol. The Labute approximate surface area is 316 Å². The van der Waals surface area contributed by atoms with Crippen molar-refractivity contribution in [3.05, 3.63) is 138 Å². The van der Waals surface area contributed by atoms with Gasteiger partial charge in [-0.2, -0.15) is 0 Å². The summed E-state index contributed by atoms with van der Waals surface area (Å²) in [6.07, 6.45) is -3.53. The lowest BCUT2D eigenvalue weighted by Crippen LogP contribution is -2.72. The fourth-order valence-electron chi connectivity index (χ4n) is 6.18. The van der Waals surface area contributed by atoms with Crippen LogP contribution in [0.4, 0.5) is 4.79 Å². The summed E-state index contributed by atoms with van der Waals surface area (Å²) in [5.74, 6) is 0.762. The lowest BCUT2D eigenvalue weighted by molar-refractivity contribution is -0.254. The molecule has 0 N–H and O–H groups in total. The quantitative estimate of drug-likeness (QED) is 0.106. The minimum Gasteiger partial charge on any atom is -0.497 e. The van der Waals surface area contributed by atoms with E-state index >= 15 is 0 Å². The number of piperidine rings is 1. The molecular formula is C43H55NO8Si. The van der Waals surface area contributed by atoms with Gasteiger partial charge in [0.25, 0.3) is 0 Å². The molecule has 53 heavy (non-hydrogen) atoms. The van der Waals surface area contributed by atoms with Crippen LogP contribution in [-0.2, 0) is 54.5 Å². The van der Waals surface area contributed by atoms with Gasteiger partial charge < -0.3 is 32.8 Å². The smallest absolute Gasteiger partial charge is 0.412 e. The van der Waals surface area contributed by atoms with Gasteiger partial charge in [0.05, 0.1) is 46.2 Å². The number of carbonyl (C=O) groups excluding carboxylic acids is 1. The average Bonchev–Trinajstić information content (AvgIpc) is 3.13. The van der Waals surface area contributed by atoms with Crippen molar-refractivity contribution in [2.45, 2.75) is 103 Å². The molecule has 0 saturated carbocycles. The summed E-state index contributed by atoms with van der Waals surface area (Å²) in [4.78, 5) is 16.2. The van der Waals surface area contributed by atoms with E-state index in [4.69, 9.17) is 32.8 Å². The van der Waals surface area contributed by atoms with Crippen molar-refractivity contribution in [2.75, 3.05) is 13.7 Å². The van der Waals surface area contributed by atoms with Crippen molar-refractivity contribution < 1.29 is 37.6 Å². The van der Waals surface area contributed by atoms with Crippen LogP contribution >= 0.6 is 0 Å². The molecule has 1 saturated heterocycles. The van der Waals surface area contributed by atoms with E-state index < -0.39 is 50.6 Å². The topological polar surface area (TPSA) is 84.9 Å². The number of benzene rings is 4. The molecule has 0 aromatic heterocycles. The van der Waals surface area contributed by atoms with E-state index in [-0.39, 0.29) is 19.8 Å². The number of hydrogen-bond donors (Lipinski definition) is 0. The molecule has 1 aliphatic heterocycles. The van der Waals surface area contributed by atoms with Crippen LogP contribution in [0.1, 0.15) is 43.0 Å². The lowest BCUT2D eigenvalue weighted by Gasteiger charge is -2.53. The van der Waals surface area contributed by atoms with E-state index in [2.05, 4.69) is 19.6 Å². The maximum atomic E-state index is 14.6. The van der Waals surface area contributed by atoms with E-state index in [0.717, 1.165) is 28.0 Å². The minimum absolute atomic E-state index is 0.118. The van der Waals surface area contributed by atoms with Crippen LogP contribution in [0.15, 0.2) is 115 Å². The molecule has 9 nitrogen and oxygen atoms in total. The van der Waals surface area contributed by atoms with Crippen molar-refractivity contribution in [3.8, 4) is 5.75 Å². The van der Waals surface area contributed by atoms with Crippen LogP contribution in [0, 0.1) is 0 Å². The van der Waals surface area contributed by atoms with Crippen molar-refractivity contribution in [2.24, 2.45) is 0 Å². The molecule has 1 aliphatic rings. The van der Waals surface area contributed by atoms with Gasteiger partial charge in [-0.25, -0.2) is 4.79 Å². The third-order valence-corrected chi connectivity index (χ3v) is 9.54. The van der Waals surface area contributed by atoms with Gasteiger partial charge in [0.15, 0.2) is 14.5 Å². The Morgan fingerprint density at radius 2 is 1.08 bits per heavy atom. The highest BCUT2D eigenvalue weighted by Gasteiger charge is 2.55. The molecule has 0 aliphatic carbocycles. The van der Waals surface area contributed by atoms with E-state index in [0.29, 0.717) is 13.2 Å². The summed E-state index contributed by atoms with van der Waals surface area (Å²) < 4.78 is 45.6. The predicted molar refractivity (Wildman–Crippen MR) is 208 cm³/mol. The SMILES string of the molecule is COc1ccc(COC[C@@H]2[C@@H](OCc3ccccc3)[C@H](OCc3ccccc3)[C@@H](OCc3ccccc3)C(O[Si](C)(C)C)N2C(=O)OC(C)(C)C)cc1. The Hall–Kier alpha value is -4.03. The Balaban J connectivity index is 1.59. The second-order valence-corrected chi connectivity index (χ2v) is 19.7. The molecule has 284 valence electrons. The molecule has 1 amide bonds. The number of amides is 1. The Morgan fingerprint density at radius 3 is 1.53 bits per heavy atom. The average molecular weight is 742 g/mol. The molecule has 0 spiro atoms. The molecule has 5 atom stereocenters. The summed E-state index contributed by atoms with van der Waals surface area (Å²) >= 11 is 0. The molecule has 0 radical (unpaired) electrons. The second-order valence-electron chi connectivity index (χ2n) is 15.2. The van der Waals surface area contributed by atoms with Crippen molar-refractivity contribution >= 4 is 14.4 Å². The van der Waals surface area contributed by atoms with Gasteiger partial charge in [0, 0.05) is 0 Å². The zero-order valence-corrected chi connectivity index (χ0v) is 33.1. The molecular weight excluding hydrogens is 687 g/mol. The van der Waals surface area contributed by atoms with Crippen molar-refractivity contribution in [1.29, 1.82) is 0 Å². The summed E-state index contributed by atoms with van der Waals surface area (Å²) in [5, 5.41) is 0. The zero-order valence-electron chi connectivity index (χ0n) is 32.1. The maximum absolute atomic E-state index is 14.6. The molecule has 0 bridgehead atoms. The number of methoxy groups -OCH3 is 1. The number of carbonyl (C=O) groups is 1. The number of ether oxygens (including phenoxy) is 6. The van der Waals surface area contributed by atoms with Gasteiger partial charge in [0.1, 0.15) is 29.7 Å². The largest absolute Gasteiger partial charge is 0.497 e. The van der Waals surface area contributed by atoms with Crippen LogP contribution in [-0.4, -0.2) is 69.2 Å². The highest BCUT2D eigenvalue weighted by Crippen LogP contribution is 2.36. The summed E-state index contributed by atoms with van der Waals surface area (Å²) in [6.45, 7) is 13.1. The van der Waals surface area contributed by atoms with E-state index in [1.54, 1.807) is 12.0 Å². The zero-order chi connectivity index (χ0) is 37.8. The minimum atomic E-state index is -2.35. The molecule has 4 aromatic rings. The highest BCUT2D eigenvalue weighted by atomic mass is 28.4. The first-order valence-corrected chi connectivity index (χ1v) is 21.7. The van der Waals surface area contributed by atoms with Crippen LogP contribution in [0.2, 0.25) is 19.6 Å². The van der Waals surface area contributed by atoms with Crippen molar-refractivity contribution in [3.63, 3.8) is 0 Å². The van der Waals surface area contributed by atoms with E-state index in [1.165, 1.54) is 0 Å². The molecule has 5 rings (SSSR count). The van der Waals surface area contributed by atoms with Crippen LogP contribution in [0.3, 0.4) is 0 Å². The number of likely N-dealkylation sites (tertiary alicyclic amines) is 1. The Kier molecular flexibility index (Phi) is 14.3. The first-order chi connectivity index (χ1) is 25.4. The lowest BCUT2D eigenvalue weighted by atomic mass is 9.92. The van der Waals surface area contributed by atoms with Crippen LogP contribution in [0.25, 0.3) is 0 Å². The molecule has 4 aromatic carbocycles. The van der Waals surface area contributed by atoms with Gasteiger partial charge >= 0.3 is 6.09 Å². The summed E-state index contributed by atoms with van der Waals surface area (Å²) in [6, 6.07) is 37.0. The van der Waals surface area contributed by atoms with Gasteiger partial charge in [-0.05, 0) is 74.8 Å². The second kappa shape index (κ2) is 18.8. The number of rotatable bonds is 16. The van der Waals surface area contributed by atoms with Gasteiger partial charge in [-0.3, -0.25) is 4.90 Å². The maximum Gasteiger partial charge on any atom is 0.412 e. The fourth-order valence-corrected chi connectivity index (χ4v) is 7.15. The molecule has 1 fully saturated rings. The molecule has 1 unspecified atom stereocenters. The Bertz CT molecular complexity index is 1660. The predicted octanol–water partition coefficient (Wildman–Crippen LogP) is 8.76. The third kappa shape index (κ3) is 12.2. The van der Waals surface area contributed by atoms with Crippen LogP contribution in [0.5, 0.6) is 5.75 Å². The third-order valence-electron chi connectivity index (χ3n) is 8.59. The summed E-state index contributed by atoms with van der Waals surface area (Å²) in [5.41, 5.74) is 3.15. The number of nitrogens with zero attached hydrogens (tertiary/aromatic N) is 1. The normalized spacial score (nSPS) is 20.6. The van der Waals surface area contributed by atoms with E-state index in [1.807, 2.05) is 136 Å². The highest BCUT2D eigenvalue weighted by molar-refractivity contribution is 6.69. The molecule has 10 heteroatoms. The summed E-state index contributed by atoms with van der Waals surface area (Å²) in [7, 11) is -0.711. The molecule has 1 heterocycles. The van der Waals surface area contributed by atoms with E-state index in [9.17, 15) is 4.79 Å². The fraction of sp³-hybridized carbons (Fsp3) is 0.419. The first-order valence-electron chi connectivity index (χ1n) is 18.3. The Morgan fingerprint density at radius 1 is 0.623 bits per heavy atom. The van der Waals surface area contributed by atoms with Crippen molar-refractivity contribution in [1.82, 2.24) is 4.90 Å².